The molecule has 1 fully saturated rings. The minimum atomic E-state index is -1.33. The number of carbonyl (C=O) groups excluding carboxylic acids is 1. The highest BCUT2D eigenvalue weighted by molar-refractivity contribution is 5.72. The number of rotatable bonds is 0. The monoisotopic (exact) mass is 266 g/mol. The van der Waals surface area contributed by atoms with E-state index < -0.39 is 23.8 Å². The molecule has 1 aromatic rings. The summed E-state index contributed by atoms with van der Waals surface area (Å²) in [5, 5.41) is 29.5. The van der Waals surface area contributed by atoms with Gasteiger partial charge in [0.2, 0.25) is 0 Å². The summed E-state index contributed by atoms with van der Waals surface area (Å²) in [6.45, 7) is 1.51. The van der Waals surface area contributed by atoms with Gasteiger partial charge in [-0.3, -0.25) is 4.79 Å². The molecule has 6 nitrogen and oxygen atoms in total. The van der Waals surface area contributed by atoms with Crippen molar-refractivity contribution < 1.29 is 29.6 Å². The van der Waals surface area contributed by atoms with E-state index in [2.05, 4.69) is 0 Å². The average molecular weight is 266 g/mol. The molecule has 0 radical (unpaired) electrons. The van der Waals surface area contributed by atoms with E-state index in [-0.39, 0.29) is 24.3 Å². The second-order valence-electron chi connectivity index (χ2n) is 5.25. The van der Waals surface area contributed by atoms with Gasteiger partial charge in [0.1, 0.15) is 29.0 Å². The molecule has 0 aromatic heterocycles. The van der Waals surface area contributed by atoms with Crippen LogP contribution in [-0.2, 0) is 16.0 Å². The normalized spacial score (nSPS) is 32.8. The Morgan fingerprint density at radius 1 is 1.32 bits per heavy atom. The molecule has 3 N–H and O–H groups in total. The molecule has 2 aliphatic rings. The third kappa shape index (κ3) is 1.88. The number of phenolic OH excluding ortho intramolecular Hbond substituents is 2. The summed E-state index contributed by atoms with van der Waals surface area (Å²) < 4.78 is 10.8. The summed E-state index contributed by atoms with van der Waals surface area (Å²) in [5.74, 6) is -0.426. The third-order valence-electron chi connectivity index (χ3n) is 3.57. The Kier molecular flexibility index (Phi) is 2.40. The fourth-order valence-corrected chi connectivity index (χ4v) is 2.68. The van der Waals surface area contributed by atoms with Gasteiger partial charge in [0.05, 0.1) is 6.42 Å². The van der Waals surface area contributed by atoms with E-state index in [0.29, 0.717) is 11.3 Å². The summed E-state index contributed by atoms with van der Waals surface area (Å²) in [7, 11) is 0. The smallest absolute Gasteiger partial charge is 0.309 e. The molecular formula is C13H14O6. The van der Waals surface area contributed by atoms with Crippen molar-refractivity contribution in [3.8, 4) is 17.2 Å². The number of carbonyl (C=O) groups is 1. The quantitative estimate of drug-likeness (QED) is 0.591. The van der Waals surface area contributed by atoms with Crippen LogP contribution in [0, 0.1) is 0 Å². The van der Waals surface area contributed by atoms with Crippen molar-refractivity contribution in [2.24, 2.45) is 0 Å². The van der Waals surface area contributed by atoms with Crippen molar-refractivity contribution in [1.82, 2.24) is 0 Å². The summed E-state index contributed by atoms with van der Waals surface area (Å²) in [5.41, 5.74) is -0.872. The van der Waals surface area contributed by atoms with Crippen molar-refractivity contribution in [3.63, 3.8) is 0 Å². The molecular weight excluding hydrogens is 252 g/mol. The maximum Gasteiger partial charge on any atom is 0.309 e. The van der Waals surface area contributed by atoms with Gasteiger partial charge in [-0.1, -0.05) is 0 Å². The van der Waals surface area contributed by atoms with E-state index >= 15 is 0 Å². The molecule has 2 heterocycles. The van der Waals surface area contributed by atoms with Crippen LogP contribution >= 0.6 is 0 Å². The molecule has 1 saturated heterocycles. The third-order valence-corrected chi connectivity index (χ3v) is 3.57. The number of benzene rings is 1. The first-order chi connectivity index (χ1) is 8.87. The van der Waals surface area contributed by atoms with Crippen LogP contribution < -0.4 is 4.74 Å². The zero-order chi connectivity index (χ0) is 13.8. The van der Waals surface area contributed by atoms with E-state index in [9.17, 15) is 20.1 Å². The van der Waals surface area contributed by atoms with Crippen molar-refractivity contribution in [1.29, 1.82) is 0 Å². The Bertz CT molecular complexity index is 550. The maximum atomic E-state index is 11.4. The summed E-state index contributed by atoms with van der Waals surface area (Å²) in [6.07, 6.45) is -1.25. The summed E-state index contributed by atoms with van der Waals surface area (Å²) in [6, 6.07) is 2.57. The highest BCUT2D eigenvalue weighted by atomic mass is 16.6. The first kappa shape index (κ1) is 12.1. The molecule has 3 rings (SSSR count). The molecule has 1 aromatic carbocycles. The Morgan fingerprint density at radius 3 is 2.79 bits per heavy atom. The number of esters is 1. The Hall–Kier alpha value is -1.95. The van der Waals surface area contributed by atoms with Crippen LogP contribution in [0.3, 0.4) is 0 Å². The Balaban J connectivity index is 2.03. The van der Waals surface area contributed by atoms with Crippen molar-refractivity contribution in [3.05, 3.63) is 17.7 Å². The molecule has 19 heavy (non-hydrogen) atoms. The van der Waals surface area contributed by atoms with Gasteiger partial charge < -0.3 is 24.8 Å². The number of hydrogen-bond acceptors (Lipinski definition) is 6. The van der Waals surface area contributed by atoms with Crippen molar-refractivity contribution >= 4 is 5.97 Å². The predicted molar refractivity (Wildman–Crippen MR) is 63.0 cm³/mol. The standard InChI is InChI=1S/C13H14O6/c1-13(17)5-11(16)18-10-4-7-8(15)2-6(14)3-9(7)19-12(10)13/h2-3,10,12,14-15,17H,4-5H2,1H3. The van der Waals surface area contributed by atoms with Crippen molar-refractivity contribution in [2.45, 2.75) is 37.6 Å². The van der Waals surface area contributed by atoms with E-state index in [1.807, 2.05) is 0 Å². The zero-order valence-electron chi connectivity index (χ0n) is 10.3. The SMILES string of the molecule is CC1(O)CC(=O)OC2Cc3c(O)cc(O)cc3OC21. The lowest BCUT2D eigenvalue weighted by Crippen LogP contribution is -2.59. The summed E-state index contributed by atoms with van der Waals surface area (Å²) >= 11 is 0. The lowest BCUT2D eigenvalue weighted by molar-refractivity contribution is -0.194. The van der Waals surface area contributed by atoms with Gasteiger partial charge >= 0.3 is 5.97 Å². The van der Waals surface area contributed by atoms with Crippen LogP contribution in [0.2, 0.25) is 0 Å². The van der Waals surface area contributed by atoms with Gasteiger partial charge in [0, 0.05) is 24.1 Å². The number of aliphatic hydroxyl groups is 1. The van der Waals surface area contributed by atoms with Gasteiger partial charge in [0.15, 0.2) is 6.10 Å². The minimum absolute atomic E-state index is 0.116. The van der Waals surface area contributed by atoms with Gasteiger partial charge in [-0.2, -0.15) is 0 Å². The second kappa shape index (κ2) is 3.77. The molecule has 0 amide bonds. The summed E-state index contributed by atoms with van der Waals surface area (Å²) in [4.78, 5) is 11.4. The van der Waals surface area contributed by atoms with Crippen molar-refractivity contribution in [2.75, 3.05) is 0 Å². The Morgan fingerprint density at radius 2 is 2.05 bits per heavy atom. The molecule has 6 heteroatoms. The van der Waals surface area contributed by atoms with Gasteiger partial charge in [-0.05, 0) is 6.92 Å². The number of phenols is 2. The number of hydrogen-bond donors (Lipinski definition) is 3. The van der Waals surface area contributed by atoms with E-state index in [1.165, 1.54) is 19.1 Å². The molecule has 0 saturated carbocycles. The largest absolute Gasteiger partial charge is 0.508 e. The van der Waals surface area contributed by atoms with Crippen LogP contribution in [0.4, 0.5) is 0 Å². The molecule has 0 spiro atoms. The highest BCUT2D eigenvalue weighted by Crippen LogP contribution is 2.42. The van der Waals surface area contributed by atoms with Crippen LogP contribution in [-0.4, -0.2) is 39.1 Å². The van der Waals surface area contributed by atoms with Gasteiger partial charge in [-0.15, -0.1) is 0 Å². The second-order valence-corrected chi connectivity index (χ2v) is 5.25. The molecule has 0 aliphatic carbocycles. The number of fused-ring (bicyclic) bond motifs is 2. The zero-order valence-corrected chi connectivity index (χ0v) is 10.3. The molecule has 2 aliphatic heterocycles. The van der Waals surface area contributed by atoms with Gasteiger partial charge in [-0.25, -0.2) is 0 Å². The topological polar surface area (TPSA) is 96.2 Å². The van der Waals surface area contributed by atoms with Crippen LogP contribution in [0.25, 0.3) is 0 Å². The van der Waals surface area contributed by atoms with Crippen LogP contribution in [0.15, 0.2) is 12.1 Å². The predicted octanol–water partition coefficient (Wildman–Crippen LogP) is 0.468. The fourth-order valence-electron chi connectivity index (χ4n) is 2.68. The minimum Gasteiger partial charge on any atom is -0.508 e. The van der Waals surface area contributed by atoms with Crippen LogP contribution in [0.1, 0.15) is 18.9 Å². The van der Waals surface area contributed by atoms with E-state index in [1.54, 1.807) is 0 Å². The average Bonchev–Trinajstić information content (AvgIpc) is 2.27. The van der Waals surface area contributed by atoms with Crippen LogP contribution in [0.5, 0.6) is 17.2 Å². The van der Waals surface area contributed by atoms with E-state index in [4.69, 9.17) is 9.47 Å². The highest BCUT2D eigenvalue weighted by Gasteiger charge is 2.50. The lowest BCUT2D eigenvalue weighted by Gasteiger charge is -2.44. The molecule has 3 atom stereocenters. The first-order valence-electron chi connectivity index (χ1n) is 6.00. The molecule has 102 valence electrons. The number of aromatic hydroxyl groups is 2. The number of ether oxygens (including phenoxy) is 2. The molecule has 0 bridgehead atoms. The molecule has 3 unspecified atom stereocenters. The fraction of sp³-hybridized carbons (Fsp3) is 0.462. The maximum absolute atomic E-state index is 11.4. The lowest BCUT2D eigenvalue weighted by atomic mass is 9.84. The van der Waals surface area contributed by atoms with Gasteiger partial charge in [0.25, 0.3) is 0 Å². The first-order valence-corrected chi connectivity index (χ1v) is 6.00. The van der Waals surface area contributed by atoms with E-state index in [0.717, 1.165) is 0 Å². The Labute approximate surface area is 109 Å².